The number of carbonyl (C=O) groups is 1. The molecule has 0 saturated heterocycles. The summed E-state index contributed by atoms with van der Waals surface area (Å²) in [7, 11) is 0. The monoisotopic (exact) mass is 586 g/mol. The molecule has 0 unspecified atom stereocenters. The maximum Gasteiger partial charge on any atom is 0.251 e. The van der Waals surface area contributed by atoms with E-state index in [1.54, 1.807) is 30.3 Å². The Hall–Kier alpha value is -3.32. The summed E-state index contributed by atoms with van der Waals surface area (Å²) in [5, 5.41) is 13.5. The highest BCUT2D eigenvalue weighted by Gasteiger charge is 2.17. The molecule has 0 atom stereocenters. The number of hydrogen-bond acceptors (Lipinski definition) is 10. The molecular weight excluding hydrogens is 544 g/mol. The topological polar surface area (TPSA) is 152 Å². The van der Waals surface area contributed by atoms with Gasteiger partial charge in [0, 0.05) is 35.8 Å². The van der Waals surface area contributed by atoms with E-state index >= 15 is 0 Å². The Morgan fingerprint density at radius 1 is 0.833 bits per heavy atom. The van der Waals surface area contributed by atoms with E-state index in [1.807, 2.05) is 13.8 Å². The van der Waals surface area contributed by atoms with Gasteiger partial charge in [-0.2, -0.15) is 0 Å². The van der Waals surface area contributed by atoms with Crippen molar-refractivity contribution in [2.75, 3.05) is 79.2 Å². The summed E-state index contributed by atoms with van der Waals surface area (Å²) >= 11 is 0. The lowest BCUT2D eigenvalue weighted by Gasteiger charge is -2.12. The zero-order valence-electron chi connectivity index (χ0n) is 24.4. The van der Waals surface area contributed by atoms with Gasteiger partial charge >= 0.3 is 0 Å². The number of phenolic OH excluding ortho intramolecular Hbond substituents is 1. The van der Waals surface area contributed by atoms with Crippen LogP contribution in [0.4, 0.5) is 0 Å². The summed E-state index contributed by atoms with van der Waals surface area (Å²) in [5.74, 6) is 0.176. The van der Waals surface area contributed by atoms with Crippen LogP contribution in [0.2, 0.25) is 0 Å². The quantitative estimate of drug-likeness (QED) is 0.169. The van der Waals surface area contributed by atoms with Crippen LogP contribution in [-0.4, -0.2) is 90.2 Å². The summed E-state index contributed by atoms with van der Waals surface area (Å²) in [5.41, 5.74) is 7.20. The maximum absolute atomic E-state index is 12.7. The van der Waals surface area contributed by atoms with Crippen molar-refractivity contribution in [1.82, 2.24) is 5.32 Å². The van der Waals surface area contributed by atoms with E-state index in [9.17, 15) is 14.7 Å². The standard InChI is InChI=1S/C31H42N2O9/c1-22(2)29-26(34)8-7-25-27(35)21-28(42-30(25)29)23-3-5-24(6-4-23)31(36)33-10-12-38-14-16-40-18-20-41-19-17-39-15-13-37-11-9-32/h3-8,21-22,34H,9-20,32H2,1-2H3,(H,33,36). The van der Waals surface area contributed by atoms with Gasteiger partial charge in [-0.1, -0.05) is 26.0 Å². The van der Waals surface area contributed by atoms with E-state index in [2.05, 4.69) is 5.32 Å². The van der Waals surface area contributed by atoms with E-state index in [-0.39, 0.29) is 23.0 Å². The molecule has 0 fully saturated rings. The van der Waals surface area contributed by atoms with Crippen LogP contribution in [0, 0.1) is 0 Å². The van der Waals surface area contributed by atoms with Gasteiger partial charge in [0.15, 0.2) is 5.43 Å². The summed E-state index contributed by atoms with van der Waals surface area (Å²) < 4.78 is 33.0. The first-order valence-corrected chi connectivity index (χ1v) is 14.2. The van der Waals surface area contributed by atoms with E-state index in [1.165, 1.54) is 12.1 Å². The highest BCUT2D eigenvalue weighted by molar-refractivity contribution is 5.94. The van der Waals surface area contributed by atoms with Crippen molar-refractivity contribution < 1.29 is 38.0 Å². The predicted molar refractivity (Wildman–Crippen MR) is 159 cm³/mol. The van der Waals surface area contributed by atoms with Crippen LogP contribution < -0.4 is 16.5 Å². The molecule has 230 valence electrons. The second-order valence-corrected chi connectivity index (χ2v) is 9.69. The molecule has 4 N–H and O–H groups in total. The van der Waals surface area contributed by atoms with Crippen LogP contribution in [0.25, 0.3) is 22.3 Å². The van der Waals surface area contributed by atoms with Gasteiger partial charge < -0.3 is 44.3 Å². The fraction of sp³-hybridized carbons (Fsp3) is 0.484. The number of amides is 1. The van der Waals surface area contributed by atoms with Gasteiger partial charge in [0.2, 0.25) is 0 Å². The summed E-state index contributed by atoms with van der Waals surface area (Å²) in [6, 6.07) is 11.3. The van der Waals surface area contributed by atoms with Gasteiger partial charge in [-0.05, 0) is 30.2 Å². The van der Waals surface area contributed by atoms with E-state index in [0.29, 0.717) is 113 Å². The Labute approximate surface area is 245 Å². The molecule has 0 radical (unpaired) electrons. The SMILES string of the molecule is CC(C)c1c(O)ccc2c(=O)cc(-c3ccc(C(=O)NCCOCCOCCOCCOCCOCCN)cc3)oc12. The summed E-state index contributed by atoms with van der Waals surface area (Å²) in [6.45, 7) is 9.39. The van der Waals surface area contributed by atoms with E-state index in [4.69, 9.17) is 33.8 Å². The first kappa shape index (κ1) is 33.2. The van der Waals surface area contributed by atoms with Crippen molar-refractivity contribution in [3.8, 4) is 17.1 Å². The lowest BCUT2D eigenvalue weighted by atomic mass is 9.98. The normalized spacial score (nSPS) is 11.4. The molecule has 0 aliphatic rings. The molecule has 0 aliphatic heterocycles. The second kappa shape index (κ2) is 18.3. The smallest absolute Gasteiger partial charge is 0.251 e. The number of fused-ring (bicyclic) bond motifs is 1. The Bertz CT molecular complexity index is 1290. The lowest BCUT2D eigenvalue weighted by molar-refractivity contribution is -0.0102. The van der Waals surface area contributed by atoms with Crippen LogP contribution >= 0.6 is 0 Å². The fourth-order valence-corrected chi connectivity index (χ4v) is 4.12. The highest BCUT2D eigenvalue weighted by atomic mass is 16.6. The van der Waals surface area contributed by atoms with Crippen molar-refractivity contribution in [3.63, 3.8) is 0 Å². The van der Waals surface area contributed by atoms with Gasteiger partial charge in [-0.3, -0.25) is 9.59 Å². The molecule has 0 aliphatic carbocycles. The number of ether oxygens (including phenoxy) is 5. The number of nitrogens with one attached hydrogen (secondary N) is 1. The van der Waals surface area contributed by atoms with Gasteiger partial charge in [-0.25, -0.2) is 0 Å². The van der Waals surface area contributed by atoms with Crippen LogP contribution in [0.15, 0.2) is 51.7 Å². The van der Waals surface area contributed by atoms with E-state index < -0.39 is 0 Å². The highest BCUT2D eigenvalue weighted by Crippen LogP contribution is 2.34. The lowest BCUT2D eigenvalue weighted by Crippen LogP contribution is -2.27. The largest absolute Gasteiger partial charge is 0.508 e. The molecule has 2 aromatic carbocycles. The first-order chi connectivity index (χ1) is 20.4. The molecule has 1 amide bonds. The van der Waals surface area contributed by atoms with Crippen molar-refractivity contribution in [2.45, 2.75) is 19.8 Å². The molecule has 42 heavy (non-hydrogen) atoms. The van der Waals surface area contributed by atoms with Crippen molar-refractivity contribution in [1.29, 1.82) is 0 Å². The van der Waals surface area contributed by atoms with Crippen LogP contribution in [0.5, 0.6) is 5.75 Å². The van der Waals surface area contributed by atoms with Gasteiger partial charge in [0.05, 0.1) is 71.5 Å². The molecule has 1 heterocycles. The maximum atomic E-state index is 12.7. The number of rotatable bonds is 20. The number of nitrogens with two attached hydrogens (primary N) is 1. The zero-order valence-corrected chi connectivity index (χ0v) is 24.4. The number of carbonyl (C=O) groups excluding carboxylic acids is 1. The number of phenols is 1. The van der Waals surface area contributed by atoms with Crippen molar-refractivity contribution in [2.24, 2.45) is 5.73 Å². The average Bonchev–Trinajstić information content (AvgIpc) is 2.98. The molecule has 11 heteroatoms. The number of aromatic hydroxyl groups is 1. The minimum Gasteiger partial charge on any atom is -0.508 e. The average molecular weight is 587 g/mol. The molecular formula is C31H42N2O9. The Morgan fingerprint density at radius 2 is 1.38 bits per heavy atom. The molecule has 0 bridgehead atoms. The van der Waals surface area contributed by atoms with Gasteiger partial charge in [0.1, 0.15) is 17.1 Å². The fourth-order valence-electron chi connectivity index (χ4n) is 4.12. The molecule has 3 rings (SSSR count). The van der Waals surface area contributed by atoms with Crippen LogP contribution in [0.1, 0.15) is 35.7 Å². The van der Waals surface area contributed by atoms with Crippen molar-refractivity contribution in [3.05, 3.63) is 63.8 Å². The Morgan fingerprint density at radius 3 is 1.93 bits per heavy atom. The van der Waals surface area contributed by atoms with Crippen LogP contribution in [0.3, 0.4) is 0 Å². The molecule has 0 saturated carbocycles. The third kappa shape index (κ3) is 10.5. The molecule has 3 aromatic rings. The molecule has 0 spiro atoms. The minimum atomic E-state index is -0.238. The molecule has 1 aromatic heterocycles. The third-order valence-electron chi connectivity index (χ3n) is 6.20. The second-order valence-electron chi connectivity index (χ2n) is 9.69. The van der Waals surface area contributed by atoms with E-state index in [0.717, 1.165) is 0 Å². The summed E-state index contributed by atoms with van der Waals surface area (Å²) in [6.07, 6.45) is 0. The minimum absolute atomic E-state index is 0.0381. The summed E-state index contributed by atoms with van der Waals surface area (Å²) in [4.78, 5) is 25.2. The number of hydrogen-bond donors (Lipinski definition) is 3. The predicted octanol–water partition coefficient (Wildman–Crippen LogP) is 3.06. The van der Waals surface area contributed by atoms with Gasteiger partial charge in [-0.15, -0.1) is 0 Å². The Balaban J connectivity index is 1.31. The van der Waals surface area contributed by atoms with Crippen LogP contribution in [-0.2, 0) is 23.7 Å². The first-order valence-electron chi connectivity index (χ1n) is 14.2. The Kier molecular flexibility index (Phi) is 14.4. The number of benzene rings is 2. The third-order valence-corrected chi connectivity index (χ3v) is 6.20. The molecule has 11 nitrogen and oxygen atoms in total. The van der Waals surface area contributed by atoms with Crippen molar-refractivity contribution >= 4 is 16.9 Å². The zero-order chi connectivity index (χ0) is 30.2. The van der Waals surface area contributed by atoms with Gasteiger partial charge in [0.25, 0.3) is 5.91 Å².